The third-order valence-electron chi connectivity index (χ3n) is 3.12. The molecule has 11 heavy (non-hydrogen) atoms. The van der Waals surface area contributed by atoms with Crippen LogP contribution in [0, 0.1) is 11.8 Å². The first-order valence-corrected chi connectivity index (χ1v) is 4.82. The Morgan fingerprint density at radius 1 is 1.09 bits per heavy atom. The van der Waals surface area contributed by atoms with Crippen molar-refractivity contribution >= 4 is 0 Å². The Labute approximate surface area is 70.1 Å². The zero-order chi connectivity index (χ0) is 8.43. The fourth-order valence-corrected chi connectivity index (χ4v) is 1.91. The molecule has 1 fully saturated rings. The van der Waals surface area contributed by atoms with Crippen molar-refractivity contribution in [3.05, 3.63) is 0 Å². The van der Waals surface area contributed by atoms with Crippen molar-refractivity contribution in [2.45, 2.75) is 52.7 Å². The third kappa shape index (κ3) is 1.76. The van der Waals surface area contributed by atoms with Crippen molar-refractivity contribution in [1.29, 1.82) is 0 Å². The van der Waals surface area contributed by atoms with Crippen LogP contribution in [0.1, 0.15) is 40.5 Å². The van der Waals surface area contributed by atoms with Gasteiger partial charge in [-0.2, -0.15) is 0 Å². The number of hydrogen-bond acceptors (Lipinski definition) is 1. The smallest absolute Gasteiger partial charge is 0.0607 e. The van der Waals surface area contributed by atoms with Crippen molar-refractivity contribution in [2.24, 2.45) is 11.8 Å². The van der Waals surface area contributed by atoms with Crippen LogP contribution in [0.2, 0.25) is 0 Å². The minimum atomic E-state index is 0.474. The van der Waals surface area contributed by atoms with Gasteiger partial charge in [0.1, 0.15) is 0 Å². The van der Waals surface area contributed by atoms with E-state index in [4.69, 9.17) is 4.74 Å². The van der Waals surface area contributed by atoms with E-state index in [2.05, 4.69) is 27.7 Å². The third-order valence-corrected chi connectivity index (χ3v) is 3.12. The maximum Gasteiger partial charge on any atom is 0.0607 e. The highest BCUT2D eigenvalue weighted by Crippen LogP contribution is 2.33. The first-order chi connectivity index (χ1) is 5.16. The quantitative estimate of drug-likeness (QED) is 0.597. The van der Waals surface area contributed by atoms with Gasteiger partial charge in [-0.05, 0) is 25.2 Å². The molecule has 0 aromatic rings. The highest BCUT2D eigenvalue weighted by molar-refractivity contribution is 4.82. The van der Waals surface area contributed by atoms with Gasteiger partial charge in [0.15, 0.2) is 0 Å². The molecule has 4 unspecified atom stereocenters. The highest BCUT2D eigenvalue weighted by Gasteiger charge is 2.35. The number of ether oxygens (including phenoxy) is 1. The van der Waals surface area contributed by atoms with Gasteiger partial charge < -0.3 is 4.74 Å². The minimum absolute atomic E-state index is 0.474. The summed E-state index contributed by atoms with van der Waals surface area (Å²) in [6.45, 7) is 9.03. The fourth-order valence-electron chi connectivity index (χ4n) is 1.91. The maximum absolute atomic E-state index is 5.83. The molecule has 66 valence electrons. The summed E-state index contributed by atoms with van der Waals surface area (Å²) in [7, 11) is 0. The largest absolute Gasteiger partial charge is 0.375 e. The summed E-state index contributed by atoms with van der Waals surface area (Å²) in [4.78, 5) is 0. The van der Waals surface area contributed by atoms with Crippen LogP contribution in [-0.2, 0) is 4.74 Å². The first kappa shape index (κ1) is 9.05. The SMILES string of the molecule is CCCC1OC(C)C(C)C1C. The molecule has 0 saturated carbocycles. The van der Waals surface area contributed by atoms with Gasteiger partial charge in [-0.15, -0.1) is 0 Å². The number of hydrogen-bond donors (Lipinski definition) is 0. The highest BCUT2D eigenvalue weighted by atomic mass is 16.5. The Balaban J connectivity index is 2.45. The van der Waals surface area contributed by atoms with Crippen LogP contribution in [0.5, 0.6) is 0 Å². The first-order valence-electron chi connectivity index (χ1n) is 4.82. The van der Waals surface area contributed by atoms with Gasteiger partial charge in [0.2, 0.25) is 0 Å². The van der Waals surface area contributed by atoms with Crippen LogP contribution in [0.15, 0.2) is 0 Å². The van der Waals surface area contributed by atoms with Crippen molar-refractivity contribution < 1.29 is 4.74 Å². The molecule has 1 aliphatic rings. The summed E-state index contributed by atoms with van der Waals surface area (Å²) in [5, 5.41) is 0. The lowest BCUT2D eigenvalue weighted by atomic mass is 9.89. The molecule has 1 nitrogen and oxygen atoms in total. The van der Waals surface area contributed by atoms with Crippen molar-refractivity contribution in [3.63, 3.8) is 0 Å². The van der Waals surface area contributed by atoms with Crippen LogP contribution < -0.4 is 0 Å². The summed E-state index contributed by atoms with van der Waals surface area (Å²) < 4.78 is 5.83. The predicted molar refractivity (Wildman–Crippen MR) is 47.6 cm³/mol. The molecule has 1 heterocycles. The molecule has 1 rings (SSSR count). The van der Waals surface area contributed by atoms with Crippen molar-refractivity contribution in [2.75, 3.05) is 0 Å². The van der Waals surface area contributed by atoms with E-state index >= 15 is 0 Å². The summed E-state index contributed by atoms with van der Waals surface area (Å²) in [5.74, 6) is 1.50. The van der Waals surface area contributed by atoms with E-state index in [1.54, 1.807) is 0 Å². The zero-order valence-corrected chi connectivity index (χ0v) is 8.13. The lowest BCUT2D eigenvalue weighted by molar-refractivity contribution is 0.0360. The second-order valence-electron chi connectivity index (χ2n) is 3.89. The summed E-state index contributed by atoms with van der Waals surface area (Å²) in [6.07, 6.45) is 3.48. The maximum atomic E-state index is 5.83. The molecule has 1 saturated heterocycles. The molecule has 0 amide bonds. The fraction of sp³-hybridized carbons (Fsp3) is 1.00. The summed E-state index contributed by atoms with van der Waals surface area (Å²) in [5.41, 5.74) is 0. The summed E-state index contributed by atoms with van der Waals surface area (Å²) >= 11 is 0. The van der Waals surface area contributed by atoms with E-state index in [-0.39, 0.29) is 0 Å². The van der Waals surface area contributed by atoms with Crippen LogP contribution in [0.4, 0.5) is 0 Å². The monoisotopic (exact) mass is 156 g/mol. The van der Waals surface area contributed by atoms with Gasteiger partial charge in [-0.3, -0.25) is 0 Å². The van der Waals surface area contributed by atoms with E-state index in [1.165, 1.54) is 12.8 Å². The van der Waals surface area contributed by atoms with Crippen LogP contribution >= 0.6 is 0 Å². The summed E-state index contributed by atoms with van der Waals surface area (Å²) in [6, 6.07) is 0. The molecule has 0 bridgehead atoms. The second kappa shape index (κ2) is 3.57. The average Bonchev–Trinajstić information content (AvgIpc) is 2.19. The average molecular weight is 156 g/mol. The normalized spacial score (nSPS) is 44.7. The van der Waals surface area contributed by atoms with Crippen LogP contribution in [-0.4, -0.2) is 12.2 Å². The van der Waals surface area contributed by atoms with Crippen molar-refractivity contribution in [1.82, 2.24) is 0 Å². The van der Waals surface area contributed by atoms with Gasteiger partial charge in [0.05, 0.1) is 12.2 Å². The molecule has 1 heteroatoms. The molecule has 0 aromatic heterocycles. The van der Waals surface area contributed by atoms with Gasteiger partial charge in [-0.25, -0.2) is 0 Å². The Hall–Kier alpha value is -0.0400. The second-order valence-corrected chi connectivity index (χ2v) is 3.89. The van der Waals surface area contributed by atoms with E-state index in [1.807, 2.05) is 0 Å². The molecular weight excluding hydrogens is 136 g/mol. The van der Waals surface area contributed by atoms with Crippen LogP contribution in [0.3, 0.4) is 0 Å². The predicted octanol–water partition coefficient (Wildman–Crippen LogP) is 2.85. The number of rotatable bonds is 2. The van der Waals surface area contributed by atoms with Crippen molar-refractivity contribution in [3.8, 4) is 0 Å². The molecule has 0 radical (unpaired) electrons. The zero-order valence-electron chi connectivity index (χ0n) is 8.13. The standard InChI is InChI=1S/C10H20O/c1-5-6-10-8(3)7(2)9(4)11-10/h7-10H,5-6H2,1-4H3. The molecule has 4 atom stereocenters. The topological polar surface area (TPSA) is 9.23 Å². The van der Waals surface area contributed by atoms with Gasteiger partial charge in [-0.1, -0.05) is 27.2 Å². The Kier molecular flexibility index (Phi) is 2.94. The van der Waals surface area contributed by atoms with E-state index in [9.17, 15) is 0 Å². The lowest BCUT2D eigenvalue weighted by Crippen LogP contribution is -2.15. The Morgan fingerprint density at radius 3 is 2.09 bits per heavy atom. The van der Waals surface area contributed by atoms with Crippen LogP contribution in [0.25, 0.3) is 0 Å². The molecule has 1 aliphatic heterocycles. The van der Waals surface area contributed by atoms with Gasteiger partial charge >= 0.3 is 0 Å². The molecule has 0 aliphatic carbocycles. The Morgan fingerprint density at radius 2 is 1.73 bits per heavy atom. The Bertz CT molecular complexity index is 122. The molecule has 0 spiro atoms. The van der Waals surface area contributed by atoms with E-state index in [0.717, 1.165) is 11.8 Å². The van der Waals surface area contributed by atoms with Gasteiger partial charge in [0, 0.05) is 0 Å². The molecular formula is C10H20O. The van der Waals surface area contributed by atoms with E-state index in [0.29, 0.717) is 12.2 Å². The molecule has 0 N–H and O–H groups in total. The van der Waals surface area contributed by atoms with E-state index < -0.39 is 0 Å². The van der Waals surface area contributed by atoms with Gasteiger partial charge in [0.25, 0.3) is 0 Å². The minimum Gasteiger partial charge on any atom is -0.375 e. The lowest BCUT2D eigenvalue weighted by Gasteiger charge is -2.14. The molecule has 0 aromatic carbocycles.